The van der Waals surface area contributed by atoms with E-state index in [2.05, 4.69) is 29.3 Å². The van der Waals surface area contributed by atoms with Gasteiger partial charge in [-0.1, -0.05) is 48.3 Å². The van der Waals surface area contributed by atoms with Crippen LogP contribution in [0.15, 0.2) is 42.5 Å². The van der Waals surface area contributed by atoms with Gasteiger partial charge in [0.2, 0.25) is 0 Å². The van der Waals surface area contributed by atoms with Gasteiger partial charge in [0.05, 0.1) is 0 Å². The van der Waals surface area contributed by atoms with Gasteiger partial charge in [0.25, 0.3) is 5.91 Å². The number of hydrogen-bond donors (Lipinski definition) is 1. The highest BCUT2D eigenvalue weighted by Crippen LogP contribution is 2.28. The fourth-order valence-corrected chi connectivity index (χ4v) is 5.02. The molecule has 1 fully saturated rings. The van der Waals surface area contributed by atoms with Crippen molar-refractivity contribution in [3.63, 3.8) is 0 Å². The highest BCUT2D eigenvalue weighted by molar-refractivity contribution is 7.98. The Labute approximate surface area is 188 Å². The molecule has 0 unspecified atom stereocenters. The lowest BCUT2D eigenvalue weighted by Crippen LogP contribution is -2.32. The maximum Gasteiger partial charge on any atom is 0.251 e. The topological polar surface area (TPSA) is 32.3 Å². The van der Waals surface area contributed by atoms with Crippen molar-refractivity contribution in [1.82, 2.24) is 10.2 Å². The van der Waals surface area contributed by atoms with Crippen molar-refractivity contribution in [3.05, 3.63) is 69.2 Å². The van der Waals surface area contributed by atoms with Crippen LogP contribution in [-0.2, 0) is 12.3 Å². The van der Waals surface area contributed by atoms with Crippen LogP contribution >= 0.6 is 35.0 Å². The molecule has 3 nitrogen and oxygen atoms in total. The standard InChI is InChI=1S/C23H28Cl2N2OS/c1-17-9-12-27(13-10-17)15-18-5-7-19(8-6-18)23(28)26-11-14-29-16-20-21(24)3-2-4-22(20)25/h2-8,17H,9-16H2,1H3,(H,26,28). The molecule has 2 aromatic carbocycles. The normalized spacial score (nSPS) is 15.4. The number of rotatable bonds is 8. The second-order valence-electron chi connectivity index (χ2n) is 7.66. The van der Waals surface area contributed by atoms with Crippen LogP contribution in [0.5, 0.6) is 0 Å². The minimum atomic E-state index is -0.0280. The van der Waals surface area contributed by atoms with Crippen LogP contribution in [0.25, 0.3) is 0 Å². The molecule has 1 saturated heterocycles. The lowest BCUT2D eigenvalue weighted by molar-refractivity contribution is 0.0956. The molecule has 29 heavy (non-hydrogen) atoms. The molecule has 1 N–H and O–H groups in total. The SMILES string of the molecule is CC1CCN(Cc2ccc(C(=O)NCCSCc3c(Cl)cccc3Cl)cc2)CC1. The van der Waals surface area contributed by atoms with E-state index in [9.17, 15) is 4.79 Å². The summed E-state index contributed by atoms with van der Waals surface area (Å²) < 4.78 is 0. The Kier molecular flexibility index (Phi) is 8.73. The molecule has 156 valence electrons. The molecule has 0 spiro atoms. The van der Waals surface area contributed by atoms with Gasteiger partial charge in [-0.25, -0.2) is 0 Å². The lowest BCUT2D eigenvalue weighted by atomic mass is 9.99. The molecule has 0 saturated carbocycles. The average Bonchev–Trinajstić information content (AvgIpc) is 2.72. The van der Waals surface area contributed by atoms with E-state index in [0.717, 1.165) is 29.5 Å². The molecule has 0 aliphatic carbocycles. The zero-order chi connectivity index (χ0) is 20.6. The molecule has 0 atom stereocenters. The summed E-state index contributed by atoms with van der Waals surface area (Å²) in [7, 11) is 0. The summed E-state index contributed by atoms with van der Waals surface area (Å²) in [5, 5.41) is 4.36. The number of likely N-dealkylation sites (tertiary alicyclic amines) is 1. The number of hydrogen-bond acceptors (Lipinski definition) is 3. The van der Waals surface area contributed by atoms with Crippen molar-refractivity contribution in [2.45, 2.75) is 32.1 Å². The zero-order valence-electron chi connectivity index (χ0n) is 16.8. The quantitative estimate of drug-likeness (QED) is 0.508. The second-order valence-corrected chi connectivity index (χ2v) is 9.58. The first-order chi connectivity index (χ1) is 14.0. The van der Waals surface area contributed by atoms with Crippen LogP contribution < -0.4 is 5.32 Å². The Morgan fingerprint density at radius 1 is 1.10 bits per heavy atom. The predicted molar refractivity (Wildman–Crippen MR) is 125 cm³/mol. The molecule has 1 aliphatic rings. The maximum atomic E-state index is 12.4. The zero-order valence-corrected chi connectivity index (χ0v) is 19.1. The number of carbonyl (C=O) groups is 1. The Balaban J connectivity index is 1.38. The number of halogens is 2. The van der Waals surface area contributed by atoms with E-state index < -0.39 is 0 Å². The van der Waals surface area contributed by atoms with Gasteiger partial charge >= 0.3 is 0 Å². The van der Waals surface area contributed by atoms with Crippen LogP contribution in [0.3, 0.4) is 0 Å². The predicted octanol–water partition coefficient (Wildman–Crippen LogP) is 5.89. The van der Waals surface area contributed by atoms with E-state index in [1.165, 1.54) is 31.5 Å². The summed E-state index contributed by atoms with van der Waals surface area (Å²) in [6.45, 7) is 6.24. The summed E-state index contributed by atoms with van der Waals surface area (Å²) in [5.41, 5.74) is 2.93. The fraction of sp³-hybridized carbons (Fsp3) is 0.435. The van der Waals surface area contributed by atoms with Gasteiger partial charge in [-0.2, -0.15) is 11.8 Å². The minimum absolute atomic E-state index is 0.0280. The van der Waals surface area contributed by atoms with Gasteiger partial charge in [0.1, 0.15) is 0 Å². The van der Waals surface area contributed by atoms with Gasteiger partial charge in [-0.05, 0) is 67.2 Å². The van der Waals surface area contributed by atoms with Crippen molar-refractivity contribution in [3.8, 4) is 0 Å². The summed E-state index contributed by atoms with van der Waals surface area (Å²) in [4.78, 5) is 14.8. The van der Waals surface area contributed by atoms with Crippen LogP contribution in [0, 0.1) is 5.92 Å². The Hall–Kier alpha value is -1.20. The third kappa shape index (κ3) is 6.92. The largest absolute Gasteiger partial charge is 0.351 e. The molecule has 0 bridgehead atoms. The number of benzene rings is 2. The Morgan fingerprint density at radius 2 is 1.76 bits per heavy atom. The molecule has 6 heteroatoms. The van der Waals surface area contributed by atoms with E-state index in [1.54, 1.807) is 11.8 Å². The maximum absolute atomic E-state index is 12.4. The van der Waals surface area contributed by atoms with Crippen molar-refractivity contribution < 1.29 is 4.79 Å². The molecular weight excluding hydrogens is 423 g/mol. The number of carbonyl (C=O) groups excluding carboxylic acids is 1. The molecule has 2 aromatic rings. The van der Waals surface area contributed by atoms with E-state index in [1.807, 2.05) is 30.3 Å². The Bertz CT molecular complexity index is 785. The molecule has 1 amide bonds. The van der Waals surface area contributed by atoms with E-state index in [0.29, 0.717) is 22.2 Å². The second kappa shape index (κ2) is 11.3. The fourth-order valence-electron chi connectivity index (χ4n) is 3.42. The van der Waals surface area contributed by atoms with Crippen LogP contribution in [0.4, 0.5) is 0 Å². The summed E-state index contributed by atoms with van der Waals surface area (Å²) in [5.74, 6) is 2.36. The van der Waals surface area contributed by atoms with E-state index in [-0.39, 0.29) is 5.91 Å². The van der Waals surface area contributed by atoms with Gasteiger partial charge in [-0.3, -0.25) is 9.69 Å². The third-order valence-electron chi connectivity index (χ3n) is 5.34. The molecule has 1 aliphatic heterocycles. The molecule has 3 rings (SSSR count). The van der Waals surface area contributed by atoms with Crippen LogP contribution in [0.1, 0.15) is 41.3 Å². The summed E-state index contributed by atoms with van der Waals surface area (Å²) >= 11 is 14.1. The molecular formula is C23H28Cl2N2OS. The van der Waals surface area contributed by atoms with Crippen LogP contribution in [-0.4, -0.2) is 36.2 Å². The highest BCUT2D eigenvalue weighted by atomic mass is 35.5. The van der Waals surface area contributed by atoms with Crippen molar-refractivity contribution in [2.24, 2.45) is 5.92 Å². The summed E-state index contributed by atoms with van der Waals surface area (Å²) in [6, 6.07) is 13.5. The molecule has 0 aromatic heterocycles. The van der Waals surface area contributed by atoms with E-state index in [4.69, 9.17) is 23.2 Å². The first-order valence-electron chi connectivity index (χ1n) is 10.1. The smallest absolute Gasteiger partial charge is 0.251 e. The minimum Gasteiger partial charge on any atom is -0.351 e. The van der Waals surface area contributed by atoms with Crippen molar-refractivity contribution in [1.29, 1.82) is 0 Å². The average molecular weight is 451 g/mol. The van der Waals surface area contributed by atoms with Gasteiger partial charge in [0, 0.05) is 40.2 Å². The Morgan fingerprint density at radius 3 is 2.41 bits per heavy atom. The number of amides is 1. The molecule has 0 radical (unpaired) electrons. The third-order valence-corrected chi connectivity index (χ3v) is 7.03. The van der Waals surface area contributed by atoms with Crippen molar-refractivity contribution in [2.75, 3.05) is 25.4 Å². The first kappa shape index (κ1) is 22.5. The molecule has 1 heterocycles. The summed E-state index contributed by atoms with van der Waals surface area (Å²) in [6.07, 6.45) is 2.56. The number of nitrogens with one attached hydrogen (secondary N) is 1. The monoisotopic (exact) mass is 450 g/mol. The van der Waals surface area contributed by atoms with Gasteiger partial charge in [-0.15, -0.1) is 0 Å². The first-order valence-corrected chi connectivity index (χ1v) is 12.0. The number of nitrogens with zero attached hydrogens (tertiary/aromatic N) is 1. The number of thioether (sulfide) groups is 1. The van der Waals surface area contributed by atoms with Crippen molar-refractivity contribution >= 4 is 40.9 Å². The van der Waals surface area contributed by atoms with Gasteiger partial charge < -0.3 is 5.32 Å². The van der Waals surface area contributed by atoms with E-state index >= 15 is 0 Å². The lowest BCUT2D eigenvalue weighted by Gasteiger charge is -2.30. The number of piperidine rings is 1. The van der Waals surface area contributed by atoms with Gasteiger partial charge in [0.15, 0.2) is 0 Å². The highest BCUT2D eigenvalue weighted by Gasteiger charge is 2.15. The van der Waals surface area contributed by atoms with Crippen LogP contribution in [0.2, 0.25) is 10.0 Å².